The normalized spacial score (nSPS) is 19.9. The summed E-state index contributed by atoms with van der Waals surface area (Å²) < 4.78 is 5.21. The number of amides is 2. The first-order valence-electron chi connectivity index (χ1n) is 5.97. The highest BCUT2D eigenvalue weighted by Crippen LogP contribution is 2.19. The summed E-state index contributed by atoms with van der Waals surface area (Å²) >= 11 is 0. The lowest BCUT2D eigenvalue weighted by atomic mass is 9.93. The van der Waals surface area contributed by atoms with Crippen molar-refractivity contribution in [3.05, 3.63) is 0 Å². The molecule has 0 spiro atoms. The zero-order valence-corrected chi connectivity index (χ0v) is 10.4. The average molecular weight is 260 g/mol. The molecular formula is C11H20N2O5. The van der Waals surface area contributed by atoms with E-state index in [9.17, 15) is 9.59 Å². The van der Waals surface area contributed by atoms with E-state index in [-0.39, 0.29) is 18.6 Å². The van der Waals surface area contributed by atoms with Crippen LogP contribution in [0.5, 0.6) is 0 Å². The molecular weight excluding hydrogens is 240 g/mol. The highest BCUT2D eigenvalue weighted by Gasteiger charge is 2.30. The molecule has 1 fully saturated rings. The number of urea groups is 1. The third kappa shape index (κ3) is 4.50. The fourth-order valence-electron chi connectivity index (χ4n) is 1.80. The number of rotatable bonds is 5. The predicted octanol–water partition coefficient (Wildman–Crippen LogP) is -0.310. The second kappa shape index (κ2) is 6.55. The van der Waals surface area contributed by atoms with Crippen LogP contribution in [0, 0.1) is 0 Å². The van der Waals surface area contributed by atoms with Crippen LogP contribution in [0.1, 0.15) is 26.2 Å². The Kier molecular flexibility index (Phi) is 5.36. The van der Waals surface area contributed by atoms with Gasteiger partial charge in [-0.15, -0.1) is 0 Å². The van der Waals surface area contributed by atoms with E-state index in [0.717, 1.165) is 0 Å². The Morgan fingerprint density at radius 2 is 2.00 bits per heavy atom. The van der Waals surface area contributed by atoms with Gasteiger partial charge in [0.25, 0.3) is 0 Å². The first kappa shape index (κ1) is 14.7. The molecule has 0 saturated carbocycles. The molecule has 18 heavy (non-hydrogen) atoms. The molecule has 1 saturated heterocycles. The molecule has 104 valence electrons. The molecule has 0 aromatic carbocycles. The molecule has 1 aliphatic heterocycles. The molecule has 2 amide bonds. The fourth-order valence-corrected chi connectivity index (χ4v) is 1.80. The van der Waals surface area contributed by atoms with E-state index >= 15 is 0 Å². The Hall–Kier alpha value is -1.34. The monoisotopic (exact) mass is 260 g/mol. The highest BCUT2D eigenvalue weighted by molar-refractivity contribution is 5.82. The van der Waals surface area contributed by atoms with Crippen LogP contribution in [-0.4, -0.2) is 53.6 Å². The van der Waals surface area contributed by atoms with Crippen molar-refractivity contribution in [1.29, 1.82) is 0 Å². The highest BCUT2D eigenvalue weighted by atomic mass is 16.5. The number of carbonyl (C=O) groups excluding carboxylic acids is 1. The first-order valence-corrected chi connectivity index (χ1v) is 5.97. The minimum Gasteiger partial charge on any atom is -0.480 e. The second-order valence-electron chi connectivity index (χ2n) is 4.67. The van der Waals surface area contributed by atoms with Crippen LogP contribution in [0.3, 0.4) is 0 Å². The molecule has 1 rings (SSSR count). The quantitative estimate of drug-likeness (QED) is 0.542. The number of aliphatic hydroxyl groups excluding tert-OH is 1. The molecule has 0 bridgehead atoms. The van der Waals surface area contributed by atoms with Gasteiger partial charge in [0.15, 0.2) is 0 Å². The van der Waals surface area contributed by atoms with Gasteiger partial charge in [0.05, 0.1) is 0 Å². The second-order valence-corrected chi connectivity index (χ2v) is 4.67. The summed E-state index contributed by atoms with van der Waals surface area (Å²) in [7, 11) is 0. The van der Waals surface area contributed by atoms with Crippen molar-refractivity contribution < 1.29 is 24.5 Å². The van der Waals surface area contributed by atoms with Crippen LogP contribution in [-0.2, 0) is 9.53 Å². The largest absolute Gasteiger partial charge is 0.480 e. The molecule has 0 aromatic rings. The number of nitrogens with one attached hydrogen (secondary N) is 2. The number of ether oxygens (including phenoxy) is 1. The lowest BCUT2D eigenvalue weighted by molar-refractivity contribution is -0.139. The van der Waals surface area contributed by atoms with Gasteiger partial charge in [-0.05, 0) is 19.8 Å². The summed E-state index contributed by atoms with van der Waals surface area (Å²) in [4.78, 5) is 22.5. The SMILES string of the molecule is CC1(NC(=O)N[C@@H](CCO)C(=O)O)CCOCC1. The van der Waals surface area contributed by atoms with Gasteiger partial charge in [-0.1, -0.05) is 0 Å². The van der Waals surface area contributed by atoms with Gasteiger partial charge in [-0.2, -0.15) is 0 Å². The number of carboxylic acids is 1. The van der Waals surface area contributed by atoms with Crippen molar-refractivity contribution in [2.45, 2.75) is 37.8 Å². The third-order valence-corrected chi connectivity index (χ3v) is 3.03. The fraction of sp³-hybridized carbons (Fsp3) is 0.818. The minimum atomic E-state index is -1.16. The van der Waals surface area contributed by atoms with Gasteiger partial charge >= 0.3 is 12.0 Å². The summed E-state index contributed by atoms with van der Waals surface area (Å²) in [6.45, 7) is 2.77. The number of aliphatic hydroxyl groups is 1. The Labute approximate surface area is 106 Å². The third-order valence-electron chi connectivity index (χ3n) is 3.03. The zero-order chi connectivity index (χ0) is 13.6. The summed E-state index contributed by atoms with van der Waals surface area (Å²) in [5.74, 6) is -1.16. The van der Waals surface area contributed by atoms with Crippen molar-refractivity contribution >= 4 is 12.0 Å². The van der Waals surface area contributed by atoms with Gasteiger partial charge in [0.1, 0.15) is 6.04 Å². The van der Waals surface area contributed by atoms with Crippen molar-refractivity contribution in [3.8, 4) is 0 Å². The predicted molar refractivity (Wildman–Crippen MR) is 63.3 cm³/mol. The van der Waals surface area contributed by atoms with E-state index < -0.39 is 18.0 Å². The number of aliphatic carboxylic acids is 1. The maximum atomic E-state index is 11.7. The van der Waals surface area contributed by atoms with Crippen molar-refractivity contribution in [1.82, 2.24) is 10.6 Å². The Balaban J connectivity index is 2.46. The number of hydrogen-bond acceptors (Lipinski definition) is 4. The smallest absolute Gasteiger partial charge is 0.326 e. The molecule has 0 aromatic heterocycles. The Bertz CT molecular complexity index is 302. The molecule has 1 heterocycles. The van der Waals surface area contributed by atoms with Crippen LogP contribution >= 0.6 is 0 Å². The lowest BCUT2D eigenvalue weighted by Gasteiger charge is -2.34. The first-order chi connectivity index (χ1) is 8.47. The van der Waals surface area contributed by atoms with E-state index in [4.69, 9.17) is 14.9 Å². The van der Waals surface area contributed by atoms with Gasteiger partial charge in [-0.25, -0.2) is 9.59 Å². The molecule has 7 heteroatoms. The van der Waals surface area contributed by atoms with Crippen LogP contribution in [0.25, 0.3) is 0 Å². The lowest BCUT2D eigenvalue weighted by Crippen LogP contribution is -2.55. The summed E-state index contributed by atoms with van der Waals surface area (Å²) in [6, 6.07) is -1.60. The molecule has 0 aliphatic carbocycles. The van der Waals surface area contributed by atoms with Crippen molar-refractivity contribution in [3.63, 3.8) is 0 Å². The van der Waals surface area contributed by atoms with E-state index in [1.165, 1.54) is 0 Å². The molecule has 0 unspecified atom stereocenters. The topological polar surface area (TPSA) is 108 Å². The van der Waals surface area contributed by atoms with Gasteiger partial charge in [0.2, 0.25) is 0 Å². The number of carbonyl (C=O) groups is 2. The standard InChI is InChI=1S/C11H20N2O5/c1-11(3-6-18-7-4-11)13-10(17)12-8(2-5-14)9(15)16/h8,14H,2-7H2,1H3,(H,15,16)(H2,12,13,17)/t8-/m0/s1. The average Bonchev–Trinajstić information content (AvgIpc) is 2.28. The molecule has 4 N–H and O–H groups in total. The van der Waals surface area contributed by atoms with E-state index in [1.54, 1.807) is 0 Å². The molecule has 1 aliphatic rings. The number of hydrogen-bond donors (Lipinski definition) is 4. The number of carboxylic acid groups (broad SMARTS) is 1. The van der Waals surface area contributed by atoms with Crippen LogP contribution in [0.2, 0.25) is 0 Å². The van der Waals surface area contributed by atoms with E-state index in [0.29, 0.717) is 26.1 Å². The van der Waals surface area contributed by atoms with Gasteiger partial charge < -0.3 is 25.6 Å². The maximum Gasteiger partial charge on any atom is 0.326 e. The van der Waals surface area contributed by atoms with Crippen LogP contribution in [0.4, 0.5) is 4.79 Å². The Morgan fingerprint density at radius 1 is 1.39 bits per heavy atom. The molecule has 0 radical (unpaired) electrons. The van der Waals surface area contributed by atoms with Crippen LogP contribution in [0.15, 0.2) is 0 Å². The van der Waals surface area contributed by atoms with Crippen molar-refractivity contribution in [2.24, 2.45) is 0 Å². The minimum absolute atomic E-state index is 0.0113. The van der Waals surface area contributed by atoms with Crippen LogP contribution < -0.4 is 10.6 Å². The van der Waals surface area contributed by atoms with E-state index in [1.807, 2.05) is 6.92 Å². The zero-order valence-electron chi connectivity index (χ0n) is 10.4. The summed E-state index contributed by atoms with van der Waals surface area (Å²) in [5.41, 5.74) is -0.370. The van der Waals surface area contributed by atoms with E-state index in [2.05, 4.69) is 10.6 Å². The summed E-state index contributed by atoms with van der Waals surface area (Å²) in [6.07, 6.45) is 1.37. The van der Waals surface area contributed by atoms with Crippen molar-refractivity contribution in [2.75, 3.05) is 19.8 Å². The van der Waals surface area contributed by atoms with Gasteiger partial charge in [0, 0.05) is 31.8 Å². The molecule has 7 nitrogen and oxygen atoms in total. The molecule has 1 atom stereocenters. The Morgan fingerprint density at radius 3 is 2.50 bits per heavy atom. The maximum absolute atomic E-state index is 11.7. The summed E-state index contributed by atoms with van der Waals surface area (Å²) in [5, 5.41) is 22.7. The van der Waals surface area contributed by atoms with Gasteiger partial charge in [-0.3, -0.25) is 0 Å².